The number of aromatic amines is 1. The first kappa shape index (κ1) is 11.8. The van der Waals surface area contributed by atoms with Gasteiger partial charge in [-0.1, -0.05) is 0 Å². The lowest BCUT2D eigenvalue weighted by atomic mass is 10.3. The molecule has 0 saturated heterocycles. The maximum atomic E-state index is 11.7. The molecule has 0 bridgehead atoms. The first-order valence-corrected chi connectivity index (χ1v) is 6.71. The highest BCUT2D eigenvalue weighted by Crippen LogP contribution is 2.11. The highest BCUT2D eigenvalue weighted by molar-refractivity contribution is 7.15. The molecule has 0 spiro atoms. The van der Waals surface area contributed by atoms with Crippen LogP contribution in [0.15, 0.2) is 24.1 Å². The maximum absolute atomic E-state index is 11.7. The van der Waals surface area contributed by atoms with E-state index in [4.69, 9.17) is 0 Å². The second kappa shape index (κ2) is 5.19. The standard InChI is InChI=1S/C11H12N6OS/c18-10(12-2-1-9-13-7-14-16-9)5-8-6-17-3-4-19-11(17)15-8/h3-4,6-7H,1-2,5H2,(H,12,18)(H,13,14,16). The van der Waals surface area contributed by atoms with Gasteiger partial charge in [-0.25, -0.2) is 9.97 Å². The monoisotopic (exact) mass is 276 g/mol. The van der Waals surface area contributed by atoms with Gasteiger partial charge in [0.15, 0.2) is 4.96 Å². The molecule has 0 fully saturated rings. The van der Waals surface area contributed by atoms with Gasteiger partial charge >= 0.3 is 0 Å². The lowest BCUT2D eigenvalue weighted by molar-refractivity contribution is -0.120. The minimum Gasteiger partial charge on any atom is -0.355 e. The molecular weight excluding hydrogens is 264 g/mol. The Morgan fingerprint density at radius 1 is 1.53 bits per heavy atom. The van der Waals surface area contributed by atoms with Gasteiger partial charge in [0.05, 0.1) is 12.1 Å². The van der Waals surface area contributed by atoms with E-state index in [-0.39, 0.29) is 5.91 Å². The summed E-state index contributed by atoms with van der Waals surface area (Å²) >= 11 is 1.55. The predicted octanol–water partition coefficient (Wildman–Crippen LogP) is 0.415. The van der Waals surface area contributed by atoms with Crippen LogP contribution in [-0.4, -0.2) is 37.0 Å². The van der Waals surface area contributed by atoms with Crippen molar-refractivity contribution >= 4 is 22.2 Å². The zero-order valence-electron chi connectivity index (χ0n) is 10.0. The van der Waals surface area contributed by atoms with Crippen molar-refractivity contribution < 1.29 is 4.79 Å². The molecule has 0 aromatic carbocycles. The van der Waals surface area contributed by atoms with Crippen molar-refractivity contribution in [3.63, 3.8) is 0 Å². The largest absolute Gasteiger partial charge is 0.355 e. The molecule has 0 aliphatic heterocycles. The number of hydrogen-bond donors (Lipinski definition) is 2. The lowest BCUT2D eigenvalue weighted by Crippen LogP contribution is -2.27. The van der Waals surface area contributed by atoms with Gasteiger partial charge in [0.25, 0.3) is 0 Å². The number of imidazole rings is 1. The molecular formula is C11H12N6OS. The van der Waals surface area contributed by atoms with E-state index in [0.29, 0.717) is 19.4 Å². The van der Waals surface area contributed by atoms with Gasteiger partial charge in [0, 0.05) is 30.7 Å². The number of thiazole rings is 1. The molecule has 0 unspecified atom stereocenters. The smallest absolute Gasteiger partial charge is 0.226 e. The Hall–Kier alpha value is -2.22. The van der Waals surface area contributed by atoms with Crippen molar-refractivity contribution in [3.8, 4) is 0 Å². The highest BCUT2D eigenvalue weighted by Gasteiger charge is 2.08. The molecule has 3 aromatic heterocycles. The molecule has 19 heavy (non-hydrogen) atoms. The quantitative estimate of drug-likeness (QED) is 0.706. The Morgan fingerprint density at radius 2 is 2.47 bits per heavy atom. The van der Waals surface area contributed by atoms with E-state index in [0.717, 1.165) is 16.5 Å². The third kappa shape index (κ3) is 2.79. The summed E-state index contributed by atoms with van der Waals surface area (Å²) in [5.41, 5.74) is 0.781. The lowest BCUT2D eigenvalue weighted by Gasteiger charge is -2.01. The zero-order valence-corrected chi connectivity index (χ0v) is 10.9. The topological polar surface area (TPSA) is 88.0 Å². The van der Waals surface area contributed by atoms with Crippen LogP contribution in [-0.2, 0) is 17.6 Å². The Labute approximate surface area is 112 Å². The van der Waals surface area contributed by atoms with E-state index in [1.807, 2.05) is 22.2 Å². The molecule has 0 aliphatic rings. The third-order valence-corrected chi connectivity index (χ3v) is 3.40. The fourth-order valence-electron chi connectivity index (χ4n) is 1.76. The molecule has 0 atom stereocenters. The van der Waals surface area contributed by atoms with E-state index >= 15 is 0 Å². The van der Waals surface area contributed by atoms with Crippen LogP contribution in [0.25, 0.3) is 4.96 Å². The van der Waals surface area contributed by atoms with Gasteiger partial charge in [0.1, 0.15) is 12.2 Å². The number of rotatable bonds is 5. The molecule has 0 radical (unpaired) electrons. The summed E-state index contributed by atoms with van der Waals surface area (Å²) in [5, 5.41) is 11.3. The average Bonchev–Trinajstić information content (AvgIpc) is 3.04. The summed E-state index contributed by atoms with van der Waals surface area (Å²) in [4.78, 5) is 21.0. The van der Waals surface area contributed by atoms with Crippen LogP contribution in [0.3, 0.4) is 0 Å². The fraction of sp³-hybridized carbons (Fsp3) is 0.273. The SMILES string of the molecule is O=C(Cc1cn2ccsc2n1)NCCc1ncn[nH]1. The maximum Gasteiger partial charge on any atom is 0.226 e. The molecule has 7 nitrogen and oxygen atoms in total. The van der Waals surface area contributed by atoms with Gasteiger partial charge in [0.2, 0.25) is 5.91 Å². The molecule has 3 aromatic rings. The second-order valence-electron chi connectivity index (χ2n) is 4.03. The number of fused-ring (bicyclic) bond motifs is 1. The number of carbonyl (C=O) groups is 1. The predicted molar refractivity (Wildman–Crippen MR) is 69.9 cm³/mol. The minimum atomic E-state index is -0.0368. The number of nitrogens with one attached hydrogen (secondary N) is 2. The van der Waals surface area contributed by atoms with Crippen LogP contribution in [0.1, 0.15) is 11.5 Å². The molecule has 3 heterocycles. The molecule has 3 rings (SSSR count). The molecule has 1 amide bonds. The second-order valence-corrected chi connectivity index (χ2v) is 4.91. The van der Waals surface area contributed by atoms with Crippen molar-refractivity contribution in [1.29, 1.82) is 0 Å². The van der Waals surface area contributed by atoms with Crippen molar-refractivity contribution in [3.05, 3.63) is 35.6 Å². The first-order chi connectivity index (χ1) is 9.31. The number of amides is 1. The van der Waals surface area contributed by atoms with Crippen LogP contribution >= 0.6 is 11.3 Å². The van der Waals surface area contributed by atoms with E-state index in [9.17, 15) is 4.79 Å². The van der Waals surface area contributed by atoms with E-state index < -0.39 is 0 Å². The van der Waals surface area contributed by atoms with Crippen molar-refractivity contribution in [1.82, 2.24) is 29.9 Å². The van der Waals surface area contributed by atoms with Gasteiger partial charge in [-0.2, -0.15) is 5.10 Å². The normalized spacial score (nSPS) is 10.9. The third-order valence-electron chi connectivity index (χ3n) is 2.63. The minimum absolute atomic E-state index is 0.0368. The molecule has 0 saturated carbocycles. The van der Waals surface area contributed by atoms with Gasteiger partial charge in [-0.15, -0.1) is 11.3 Å². The van der Waals surface area contributed by atoms with Crippen molar-refractivity contribution in [2.75, 3.05) is 6.54 Å². The summed E-state index contributed by atoms with van der Waals surface area (Å²) in [5.74, 6) is 0.730. The van der Waals surface area contributed by atoms with Gasteiger partial charge < -0.3 is 5.32 Å². The summed E-state index contributed by atoms with van der Waals surface area (Å²) in [6.07, 6.45) is 6.20. The molecule has 8 heteroatoms. The number of hydrogen-bond acceptors (Lipinski definition) is 5. The van der Waals surface area contributed by atoms with Crippen molar-refractivity contribution in [2.24, 2.45) is 0 Å². The van der Waals surface area contributed by atoms with E-state index in [2.05, 4.69) is 25.5 Å². The van der Waals surface area contributed by atoms with Crippen LogP contribution in [0, 0.1) is 0 Å². The van der Waals surface area contributed by atoms with Crippen LogP contribution < -0.4 is 5.32 Å². The van der Waals surface area contributed by atoms with Crippen LogP contribution in [0.2, 0.25) is 0 Å². The first-order valence-electron chi connectivity index (χ1n) is 5.83. The number of carbonyl (C=O) groups excluding carboxylic acids is 1. The fourth-order valence-corrected chi connectivity index (χ4v) is 2.48. The molecule has 98 valence electrons. The van der Waals surface area contributed by atoms with E-state index in [1.165, 1.54) is 6.33 Å². The summed E-state index contributed by atoms with van der Waals surface area (Å²) < 4.78 is 1.92. The number of nitrogens with zero attached hydrogens (tertiary/aromatic N) is 4. The molecule has 2 N–H and O–H groups in total. The Kier molecular flexibility index (Phi) is 3.23. The number of aromatic nitrogens is 5. The Balaban J connectivity index is 1.49. The zero-order chi connectivity index (χ0) is 13.1. The Bertz CT molecular complexity index is 642. The summed E-state index contributed by atoms with van der Waals surface area (Å²) in [7, 11) is 0. The summed E-state index contributed by atoms with van der Waals surface area (Å²) in [6, 6.07) is 0. The summed E-state index contributed by atoms with van der Waals surface area (Å²) in [6.45, 7) is 0.538. The van der Waals surface area contributed by atoms with Gasteiger partial charge in [-0.3, -0.25) is 14.3 Å². The number of H-pyrrole nitrogens is 1. The van der Waals surface area contributed by atoms with Crippen LogP contribution in [0.5, 0.6) is 0 Å². The van der Waals surface area contributed by atoms with E-state index in [1.54, 1.807) is 11.3 Å². The van der Waals surface area contributed by atoms with Gasteiger partial charge in [-0.05, 0) is 0 Å². The Morgan fingerprint density at radius 3 is 3.26 bits per heavy atom. The average molecular weight is 276 g/mol. The molecule has 0 aliphatic carbocycles. The highest BCUT2D eigenvalue weighted by atomic mass is 32.1. The van der Waals surface area contributed by atoms with Crippen LogP contribution in [0.4, 0.5) is 0 Å². The van der Waals surface area contributed by atoms with Crippen molar-refractivity contribution in [2.45, 2.75) is 12.8 Å².